The van der Waals surface area contributed by atoms with E-state index >= 15 is 0 Å². The van der Waals surface area contributed by atoms with Gasteiger partial charge in [-0.2, -0.15) is 26.3 Å². The normalized spacial score (nSPS) is 23.5. The maximum Gasteiger partial charge on any atom is 0.416 e. The average Bonchev–Trinajstić information content (AvgIpc) is 2.91. The van der Waals surface area contributed by atoms with Gasteiger partial charge in [0, 0.05) is 13.1 Å². The number of hydrogen-bond donors (Lipinski definition) is 0. The van der Waals surface area contributed by atoms with Crippen LogP contribution < -0.4 is 0 Å². The second kappa shape index (κ2) is 10.9. The molecule has 7 nitrogen and oxygen atoms in total. The predicted octanol–water partition coefficient (Wildman–Crippen LogP) is 5.68. The lowest BCUT2D eigenvalue weighted by molar-refractivity contribution is -0.179. The number of ether oxygens (including phenoxy) is 1. The number of halogens is 6. The first-order valence-electron chi connectivity index (χ1n) is 12.9. The Morgan fingerprint density at radius 3 is 2.10 bits per heavy atom. The number of carbonyl (C=O) groups excluding carboxylic acids is 3. The van der Waals surface area contributed by atoms with Crippen LogP contribution in [-0.4, -0.2) is 57.9 Å². The van der Waals surface area contributed by atoms with Gasteiger partial charge in [-0.05, 0) is 49.6 Å². The Balaban J connectivity index is 1.62. The van der Waals surface area contributed by atoms with Crippen molar-refractivity contribution in [1.82, 2.24) is 14.7 Å². The van der Waals surface area contributed by atoms with Crippen LogP contribution in [0.4, 0.5) is 31.1 Å². The van der Waals surface area contributed by atoms with Crippen LogP contribution in [0.3, 0.4) is 0 Å². The van der Waals surface area contributed by atoms with E-state index in [1.165, 1.54) is 14.7 Å². The summed E-state index contributed by atoms with van der Waals surface area (Å²) in [4.78, 5) is 44.2. The highest BCUT2D eigenvalue weighted by Gasteiger charge is 2.54. The van der Waals surface area contributed by atoms with Gasteiger partial charge < -0.3 is 14.5 Å². The number of rotatable bonds is 5. The number of alkyl halides is 6. The van der Waals surface area contributed by atoms with E-state index in [0.29, 0.717) is 18.6 Å². The van der Waals surface area contributed by atoms with Gasteiger partial charge in [-0.3, -0.25) is 14.5 Å². The van der Waals surface area contributed by atoms with Crippen molar-refractivity contribution in [1.29, 1.82) is 0 Å². The summed E-state index contributed by atoms with van der Waals surface area (Å²) in [5.74, 6) is -0.655. The Kier molecular flexibility index (Phi) is 8.03. The molecule has 2 aliphatic rings. The summed E-state index contributed by atoms with van der Waals surface area (Å²) in [5, 5.41) is 0. The lowest BCUT2D eigenvalue weighted by Crippen LogP contribution is -2.74. The number of hydrogen-bond acceptors (Lipinski definition) is 4. The van der Waals surface area contributed by atoms with Gasteiger partial charge in [-0.15, -0.1) is 0 Å². The number of benzene rings is 2. The smallest absolute Gasteiger partial charge is 0.416 e. The maximum atomic E-state index is 13.5. The maximum absolute atomic E-state index is 13.5. The molecule has 0 bridgehead atoms. The zero-order valence-corrected chi connectivity index (χ0v) is 22.6. The molecule has 13 heteroatoms. The summed E-state index contributed by atoms with van der Waals surface area (Å²) >= 11 is 0. The van der Waals surface area contributed by atoms with Crippen molar-refractivity contribution in [2.45, 2.75) is 64.9 Å². The highest BCUT2D eigenvalue weighted by Crippen LogP contribution is 2.38. The first kappa shape index (κ1) is 30.2. The number of piperazine rings is 1. The molecule has 3 amide bonds. The first-order chi connectivity index (χ1) is 19.0. The minimum absolute atomic E-state index is 0.00607. The molecule has 2 aromatic carbocycles. The number of fused-ring (bicyclic) bond motifs is 1. The molecule has 2 saturated heterocycles. The fourth-order valence-corrected chi connectivity index (χ4v) is 5.16. The first-order valence-corrected chi connectivity index (χ1v) is 12.9. The monoisotopic (exact) mass is 585 g/mol. The second-order valence-corrected chi connectivity index (χ2v) is 10.6. The molecule has 222 valence electrons. The largest absolute Gasteiger partial charge is 0.444 e. The third kappa shape index (κ3) is 6.13. The molecule has 2 aliphatic heterocycles. The van der Waals surface area contributed by atoms with Gasteiger partial charge in [-0.25, -0.2) is 4.79 Å². The van der Waals surface area contributed by atoms with E-state index in [4.69, 9.17) is 4.74 Å². The van der Waals surface area contributed by atoms with Gasteiger partial charge >= 0.3 is 18.4 Å². The van der Waals surface area contributed by atoms with Crippen molar-refractivity contribution < 1.29 is 45.5 Å². The Labute approximate surface area is 232 Å². The van der Waals surface area contributed by atoms with Crippen LogP contribution in [-0.2, 0) is 39.8 Å². The van der Waals surface area contributed by atoms with Crippen LogP contribution in [0, 0.1) is 5.41 Å². The molecule has 4 rings (SSSR count). The topological polar surface area (TPSA) is 70.2 Å². The van der Waals surface area contributed by atoms with Crippen LogP contribution >= 0.6 is 0 Å². The summed E-state index contributed by atoms with van der Waals surface area (Å²) in [6.45, 7) is 4.09. The fourth-order valence-electron chi connectivity index (χ4n) is 5.16. The van der Waals surface area contributed by atoms with Crippen molar-refractivity contribution in [3.63, 3.8) is 0 Å². The van der Waals surface area contributed by atoms with Crippen LogP contribution in [0.1, 0.15) is 49.4 Å². The molecule has 0 aromatic heterocycles. The molecule has 0 saturated carbocycles. The van der Waals surface area contributed by atoms with Crippen LogP contribution in [0.2, 0.25) is 0 Å². The second-order valence-electron chi connectivity index (χ2n) is 10.6. The van der Waals surface area contributed by atoms with Crippen LogP contribution in [0.25, 0.3) is 0 Å². The molecule has 2 heterocycles. The van der Waals surface area contributed by atoms with Crippen molar-refractivity contribution in [2.75, 3.05) is 13.1 Å². The summed E-state index contributed by atoms with van der Waals surface area (Å²) in [6.07, 6.45) is -11.8. The molecule has 2 aromatic rings. The van der Waals surface area contributed by atoms with E-state index < -0.39 is 59.4 Å². The van der Waals surface area contributed by atoms with E-state index in [1.807, 2.05) is 18.2 Å². The highest BCUT2D eigenvalue weighted by molar-refractivity contribution is 5.93. The quantitative estimate of drug-likeness (QED) is 0.424. The number of nitrogens with zero attached hydrogens (tertiary/aromatic N) is 3. The summed E-state index contributed by atoms with van der Waals surface area (Å²) in [7, 11) is 0. The zero-order chi connectivity index (χ0) is 30.3. The lowest BCUT2D eigenvalue weighted by Gasteiger charge is -2.55. The molecule has 0 N–H and O–H groups in total. The molecule has 0 spiro atoms. The Morgan fingerprint density at radius 2 is 1.56 bits per heavy atom. The lowest BCUT2D eigenvalue weighted by atomic mass is 9.81. The van der Waals surface area contributed by atoms with Gasteiger partial charge in [0.05, 0.1) is 23.1 Å². The molecular formula is C28H29F6N3O4. The summed E-state index contributed by atoms with van der Waals surface area (Å²) in [5.41, 5.74) is -3.82. The minimum Gasteiger partial charge on any atom is -0.444 e. The molecule has 1 unspecified atom stereocenters. The average molecular weight is 586 g/mol. The molecule has 0 radical (unpaired) electrons. The van der Waals surface area contributed by atoms with Gasteiger partial charge in [0.25, 0.3) is 0 Å². The molecule has 0 aliphatic carbocycles. The Hall–Kier alpha value is -3.77. The number of carbonyl (C=O) groups is 3. The Bertz CT molecular complexity index is 1280. The van der Waals surface area contributed by atoms with Crippen molar-refractivity contribution in [3.05, 3.63) is 70.8 Å². The van der Waals surface area contributed by atoms with Crippen molar-refractivity contribution >= 4 is 17.9 Å². The van der Waals surface area contributed by atoms with Crippen LogP contribution in [0.5, 0.6) is 0 Å². The summed E-state index contributed by atoms with van der Waals surface area (Å²) in [6, 6.07) is 9.12. The van der Waals surface area contributed by atoms with E-state index in [1.54, 1.807) is 32.9 Å². The van der Waals surface area contributed by atoms with Gasteiger partial charge in [0.15, 0.2) is 0 Å². The van der Waals surface area contributed by atoms with Gasteiger partial charge in [0.1, 0.15) is 18.8 Å². The SMILES string of the molecule is CC[C@@]1(C)CN(C(=O)OCc2cc(C(F)(F)F)cc(C(F)(F)F)c2)C2CN(Cc3ccccc3)C(=O)[C@H](C)N2C1=O. The third-order valence-corrected chi connectivity index (χ3v) is 7.66. The third-order valence-electron chi connectivity index (χ3n) is 7.66. The van der Waals surface area contributed by atoms with E-state index in [-0.39, 0.29) is 37.5 Å². The van der Waals surface area contributed by atoms with Crippen molar-refractivity contribution in [2.24, 2.45) is 5.41 Å². The molecule has 2 fully saturated rings. The van der Waals surface area contributed by atoms with Crippen LogP contribution in [0.15, 0.2) is 48.5 Å². The predicted molar refractivity (Wildman–Crippen MR) is 134 cm³/mol. The Morgan fingerprint density at radius 1 is 0.976 bits per heavy atom. The zero-order valence-electron chi connectivity index (χ0n) is 22.6. The molecular weight excluding hydrogens is 556 g/mol. The molecule has 3 atom stereocenters. The minimum atomic E-state index is -5.05. The van der Waals surface area contributed by atoms with E-state index in [2.05, 4.69) is 0 Å². The van der Waals surface area contributed by atoms with Gasteiger partial charge in [0.2, 0.25) is 11.8 Å². The standard InChI is InChI=1S/C28H29F6N3O4/c1-4-26(3)16-36(25(40)41-15-19-10-20(27(29,30)31)12-21(11-19)28(32,33)34)22-14-35(13-18-8-6-5-7-9-18)23(38)17(2)37(22)24(26)39/h5-12,17,22H,4,13-16H2,1-3H3/t17-,22?,26-/m0/s1. The number of amides is 3. The van der Waals surface area contributed by atoms with E-state index in [0.717, 1.165) is 5.56 Å². The van der Waals surface area contributed by atoms with Gasteiger partial charge in [-0.1, -0.05) is 37.3 Å². The molecule has 41 heavy (non-hydrogen) atoms. The van der Waals surface area contributed by atoms with Crippen molar-refractivity contribution in [3.8, 4) is 0 Å². The van der Waals surface area contributed by atoms with E-state index in [9.17, 15) is 40.7 Å². The fraction of sp³-hybridized carbons (Fsp3) is 0.464. The highest BCUT2D eigenvalue weighted by atomic mass is 19.4. The summed E-state index contributed by atoms with van der Waals surface area (Å²) < 4.78 is 84.9.